The molecule has 4 rings (SSSR count). The normalized spacial score (nSPS) is 10.6. The van der Waals surface area contributed by atoms with Crippen LogP contribution in [0, 0.1) is 11.3 Å². The third-order valence-electron chi connectivity index (χ3n) is 4.16. The van der Waals surface area contributed by atoms with Crippen molar-refractivity contribution in [2.75, 3.05) is 0 Å². The van der Waals surface area contributed by atoms with Gasteiger partial charge in [-0.3, -0.25) is 0 Å². The van der Waals surface area contributed by atoms with E-state index >= 15 is 0 Å². The second kappa shape index (κ2) is 6.39. The molecule has 0 saturated carbocycles. The van der Waals surface area contributed by atoms with E-state index in [2.05, 4.69) is 18.2 Å². The first kappa shape index (κ1) is 15.4. The van der Waals surface area contributed by atoms with Gasteiger partial charge in [-0.2, -0.15) is 5.26 Å². The van der Waals surface area contributed by atoms with E-state index in [1.807, 2.05) is 60.7 Å². The molecule has 0 radical (unpaired) electrons. The quantitative estimate of drug-likeness (QED) is 0.442. The summed E-state index contributed by atoms with van der Waals surface area (Å²) in [7, 11) is 0. The largest absolute Gasteiger partial charge is 0.248 e. The Kier molecular flexibility index (Phi) is 3.93. The van der Waals surface area contributed by atoms with E-state index in [1.54, 1.807) is 6.07 Å². The zero-order valence-corrected chi connectivity index (χ0v) is 14.0. The minimum atomic E-state index is 0.625. The maximum Gasteiger partial charge on any atom is 0.0991 e. The van der Waals surface area contributed by atoms with Gasteiger partial charge in [-0.25, -0.2) is 4.98 Å². The summed E-state index contributed by atoms with van der Waals surface area (Å²) in [5.41, 5.74) is 5.51. The average molecular weight is 341 g/mol. The van der Waals surface area contributed by atoms with Crippen molar-refractivity contribution in [2.45, 2.75) is 0 Å². The van der Waals surface area contributed by atoms with Crippen molar-refractivity contribution in [3.8, 4) is 28.5 Å². The van der Waals surface area contributed by atoms with Gasteiger partial charge in [0.2, 0.25) is 0 Å². The van der Waals surface area contributed by atoms with Crippen LogP contribution in [0.1, 0.15) is 5.56 Å². The zero-order valence-electron chi connectivity index (χ0n) is 13.3. The Hall–Kier alpha value is -3.15. The number of pyridine rings is 1. The molecule has 1 aromatic heterocycles. The molecule has 0 N–H and O–H groups in total. The van der Waals surface area contributed by atoms with Crippen LogP contribution in [0.3, 0.4) is 0 Å². The van der Waals surface area contributed by atoms with Crippen LogP contribution < -0.4 is 0 Å². The number of benzene rings is 3. The molecule has 0 saturated heterocycles. The molecule has 0 aliphatic heterocycles. The van der Waals surface area contributed by atoms with Crippen molar-refractivity contribution < 1.29 is 0 Å². The summed E-state index contributed by atoms with van der Waals surface area (Å²) in [6.07, 6.45) is 0. The predicted octanol–water partition coefficient (Wildman–Crippen LogP) is 6.09. The van der Waals surface area contributed by atoms with E-state index < -0.39 is 0 Å². The first-order chi connectivity index (χ1) is 12.2. The zero-order chi connectivity index (χ0) is 17.2. The van der Waals surface area contributed by atoms with E-state index in [4.69, 9.17) is 21.8 Å². The summed E-state index contributed by atoms with van der Waals surface area (Å²) in [4.78, 5) is 4.79. The minimum Gasteiger partial charge on any atom is -0.248 e. The smallest absolute Gasteiger partial charge is 0.0991 e. The van der Waals surface area contributed by atoms with Crippen LogP contribution >= 0.6 is 11.6 Å². The number of hydrogen-bond donors (Lipinski definition) is 0. The molecular formula is C22H13ClN2. The minimum absolute atomic E-state index is 0.625. The highest BCUT2D eigenvalue weighted by Gasteiger charge is 2.10. The molecule has 25 heavy (non-hydrogen) atoms. The lowest BCUT2D eigenvalue weighted by molar-refractivity contribution is 1.39. The van der Waals surface area contributed by atoms with Crippen molar-refractivity contribution in [3.05, 3.63) is 89.4 Å². The monoisotopic (exact) mass is 340 g/mol. The highest BCUT2D eigenvalue weighted by molar-refractivity contribution is 6.30. The molecule has 118 valence electrons. The van der Waals surface area contributed by atoms with Crippen molar-refractivity contribution in [1.82, 2.24) is 4.98 Å². The van der Waals surface area contributed by atoms with Crippen LogP contribution in [0.15, 0.2) is 78.9 Å². The Morgan fingerprint density at radius 1 is 0.800 bits per heavy atom. The van der Waals surface area contributed by atoms with Gasteiger partial charge >= 0.3 is 0 Å². The molecule has 4 aromatic rings. The number of fused-ring (bicyclic) bond motifs is 1. The molecule has 0 atom stereocenters. The average Bonchev–Trinajstić information content (AvgIpc) is 2.68. The molecule has 0 spiro atoms. The maximum absolute atomic E-state index is 9.16. The van der Waals surface area contributed by atoms with Gasteiger partial charge in [-0.05, 0) is 47.5 Å². The molecule has 2 nitrogen and oxygen atoms in total. The molecule has 0 aliphatic carbocycles. The molecular weight excluding hydrogens is 328 g/mol. The lowest BCUT2D eigenvalue weighted by Crippen LogP contribution is -1.90. The Balaban J connectivity index is 1.98. The van der Waals surface area contributed by atoms with Crippen LogP contribution in [-0.2, 0) is 0 Å². The SMILES string of the molecule is N#Cc1cccc(-c2cc(-c3ccc(Cl)cc3)c3ccccc3n2)c1. The summed E-state index contributed by atoms with van der Waals surface area (Å²) < 4.78 is 0. The first-order valence-corrected chi connectivity index (χ1v) is 8.29. The molecule has 0 fully saturated rings. The number of para-hydroxylation sites is 1. The molecule has 3 aromatic carbocycles. The van der Waals surface area contributed by atoms with E-state index in [9.17, 15) is 0 Å². The second-order valence-electron chi connectivity index (χ2n) is 5.77. The van der Waals surface area contributed by atoms with Gasteiger partial charge in [0.15, 0.2) is 0 Å². The number of nitriles is 1. The number of halogens is 1. The number of hydrogen-bond acceptors (Lipinski definition) is 2. The fourth-order valence-corrected chi connectivity index (χ4v) is 3.07. The Morgan fingerprint density at radius 3 is 2.40 bits per heavy atom. The van der Waals surface area contributed by atoms with Crippen LogP contribution in [-0.4, -0.2) is 4.98 Å². The Labute approximate surface area is 151 Å². The third-order valence-corrected chi connectivity index (χ3v) is 4.41. The number of aromatic nitrogens is 1. The molecule has 0 unspecified atom stereocenters. The lowest BCUT2D eigenvalue weighted by Gasteiger charge is -2.10. The number of rotatable bonds is 2. The Morgan fingerprint density at radius 2 is 1.60 bits per heavy atom. The summed E-state index contributed by atoms with van der Waals surface area (Å²) >= 11 is 6.03. The van der Waals surface area contributed by atoms with Crippen molar-refractivity contribution in [1.29, 1.82) is 5.26 Å². The predicted molar refractivity (Wildman–Crippen MR) is 102 cm³/mol. The van der Waals surface area contributed by atoms with Crippen LogP contribution in [0.2, 0.25) is 5.02 Å². The molecule has 0 amide bonds. The molecule has 0 aliphatic rings. The van der Waals surface area contributed by atoms with Gasteiger partial charge in [-0.15, -0.1) is 0 Å². The fraction of sp³-hybridized carbons (Fsp3) is 0. The topological polar surface area (TPSA) is 36.7 Å². The van der Waals surface area contributed by atoms with E-state index in [-0.39, 0.29) is 0 Å². The standard InChI is InChI=1S/C22H13ClN2/c23-18-10-8-16(9-11-18)20-13-22(17-5-3-4-15(12-17)14-24)25-21-7-2-1-6-19(20)21/h1-13H. The van der Waals surface area contributed by atoms with Gasteiger partial charge in [0.25, 0.3) is 0 Å². The van der Waals surface area contributed by atoms with Crippen molar-refractivity contribution in [2.24, 2.45) is 0 Å². The third kappa shape index (κ3) is 2.98. The van der Waals surface area contributed by atoms with Crippen molar-refractivity contribution >= 4 is 22.5 Å². The van der Waals surface area contributed by atoms with Crippen LogP contribution in [0.4, 0.5) is 0 Å². The summed E-state index contributed by atoms with van der Waals surface area (Å²) in [5, 5.41) is 11.0. The van der Waals surface area contributed by atoms with Gasteiger partial charge < -0.3 is 0 Å². The summed E-state index contributed by atoms with van der Waals surface area (Å²) in [6, 6.07) is 27.7. The molecule has 1 heterocycles. The first-order valence-electron chi connectivity index (χ1n) is 7.91. The van der Waals surface area contributed by atoms with Gasteiger partial charge in [0.1, 0.15) is 0 Å². The van der Waals surface area contributed by atoms with Crippen LogP contribution in [0.25, 0.3) is 33.3 Å². The highest BCUT2D eigenvalue weighted by Crippen LogP contribution is 2.32. The van der Waals surface area contributed by atoms with Gasteiger partial charge in [0.05, 0.1) is 22.8 Å². The van der Waals surface area contributed by atoms with E-state index in [0.717, 1.165) is 33.3 Å². The van der Waals surface area contributed by atoms with E-state index in [1.165, 1.54) is 0 Å². The van der Waals surface area contributed by atoms with Gasteiger partial charge in [0, 0.05) is 16.0 Å². The maximum atomic E-state index is 9.16. The summed E-state index contributed by atoms with van der Waals surface area (Å²) in [6.45, 7) is 0. The van der Waals surface area contributed by atoms with Crippen LogP contribution in [0.5, 0.6) is 0 Å². The number of nitrogens with zero attached hydrogens (tertiary/aromatic N) is 2. The summed E-state index contributed by atoms with van der Waals surface area (Å²) in [5.74, 6) is 0. The Bertz CT molecular complexity index is 1110. The molecule has 0 bridgehead atoms. The van der Waals surface area contributed by atoms with E-state index in [0.29, 0.717) is 10.6 Å². The van der Waals surface area contributed by atoms with Crippen molar-refractivity contribution in [3.63, 3.8) is 0 Å². The molecule has 3 heteroatoms. The second-order valence-corrected chi connectivity index (χ2v) is 6.21. The van der Waals surface area contributed by atoms with Gasteiger partial charge in [-0.1, -0.05) is 54.1 Å². The fourth-order valence-electron chi connectivity index (χ4n) is 2.94. The lowest BCUT2D eigenvalue weighted by atomic mass is 9.98. The highest BCUT2D eigenvalue weighted by atomic mass is 35.5.